The summed E-state index contributed by atoms with van der Waals surface area (Å²) in [6.45, 7) is 5.97. The summed E-state index contributed by atoms with van der Waals surface area (Å²) in [7, 11) is 4.08. The fourth-order valence-corrected chi connectivity index (χ4v) is 8.02. The zero-order valence-corrected chi connectivity index (χ0v) is 17.8. The van der Waals surface area contributed by atoms with Crippen LogP contribution in [0.15, 0.2) is 24.3 Å². The summed E-state index contributed by atoms with van der Waals surface area (Å²) in [4.78, 5) is 2.55. The van der Waals surface area contributed by atoms with Crippen molar-refractivity contribution in [3.05, 3.63) is 35.4 Å². The molecule has 2 heterocycles. The van der Waals surface area contributed by atoms with Crippen molar-refractivity contribution in [2.75, 3.05) is 27.3 Å². The molecule has 2 aliphatic heterocycles. The second-order valence-electron chi connectivity index (χ2n) is 9.77. The molecule has 5 nitrogen and oxygen atoms in total. The molecule has 7 rings (SSSR count). The Balaban J connectivity index is 1.65. The highest BCUT2D eigenvalue weighted by molar-refractivity contribution is 5.65. The third-order valence-corrected chi connectivity index (χ3v) is 9.12. The molecule has 1 saturated heterocycles. The number of likely N-dealkylation sites (tertiary alicyclic amines) is 1. The third-order valence-electron chi connectivity index (χ3n) is 9.12. The molecule has 1 N–H and O–H groups in total. The maximum absolute atomic E-state index is 10.7. The minimum absolute atomic E-state index is 0.0208. The zero-order valence-electron chi connectivity index (χ0n) is 17.8. The van der Waals surface area contributed by atoms with Gasteiger partial charge < -0.3 is 24.2 Å². The Hall–Kier alpha value is -1.56. The quantitative estimate of drug-likeness (QED) is 0.792. The topological polar surface area (TPSA) is 51.2 Å². The molecule has 0 radical (unpaired) electrons. The van der Waals surface area contributed by atoms with Gasteiger partial charge in [-0.15, -0.1) is 0 Å². The van der Waals surface area contributed by atoms with Gasteiger partial charge >= 0.3 is 0 Å². The highest BCUT2D eigenvalue weighted by Crippen LogP contribution is 2.74. The molecule has 1 unspecified atom stereocenters. The van der Waals surface area contributed by atoms with Gasteiger partial charge in [0.25, 0.3) is 0 Å². The SMILES string of the molecule is CCO[C@H](C)C1C[C@@]23C=C[C@]1(OC)[C@H]1Oc4c(O)ccc5c4[C@@]12CCN(C)[C@@H]3C5. The smallest absolute Gasteiger partial charge is 0.165 e. The van der Waals surface area contributed by atoms with E-state index < -0.39 is 5.60 Å². The van der Waals surface area contributed by atoms with E-state index in [2.05, 4.69) is 44.0 Å². The monoisotopic (exact) mass is 397 g/mol. The van der Waals surface area contributed by atoms with Crippen molar-refractivity contribution in [3.63, 3.8) is 0 Å². The first-order chi connectivity index (χ1) is 13.9. The maximum atomic E-state index is 10.7. The van der Waals surface area contributed by atoms with Crippen LogP contribution in [0.4, 0.5) is 0 Å². The molecule has 2 spiro atoms. The fraction of sp³-hybridized carbons (Fsp3) is 0.667. The number of nitrogens with zero attached hydrogens (tertiary/aromatic N) is 1. The molecule has 5 heteroatoms. The van der Waals surface area contributed by atoms with E-state index >= 15 is 0 Å². The number of benzene rings is 1. The van der Waals surface area contributed by atoms with Gasteiger partial charge in [0.05, 0.1) is 11.5 Å². The summed E-state index contributed by atoms with van der Waals surface area (Å²) < 4.78 is 19.2. The Morgan fingerprint density at radius 3 is 2.93 bits per heavy atom. The average molecular weight is 398 g/mol. The third kappa shape index (κ3) is 1.77. The zero-order chi connectivity index (χ0) is 20.2. The Kier molecular flexibility index (Phi) is 3.50. The van der Waals surface area contributed by atoms with E-state index in [-0.39, 0.29) is 34.7 Å². The summed E-state index contributed by atoms with van der Waals surface area (Å²) >= 11 is 0. The molecule has 29 heavy (non-hydrogen) atoms. The van der Waals surface area contributed by atoms with Crippen molar-refractivity contribution >= 4 is 0 Å². The van der Waals surface area contributed by atoms with E-state index in [1.165, 1.54) is 11.1 Å². The molecule has 1 saturated carbocycles. The number of likely N-dealkylation sites (N-methyl/N-ethyl adjacent to an activating group) is 1. The first-order valence-corrected chi connectivity index (χ1v) is 11.0. The summed E-state index contributed by atoms with van der Waals surface area (Å²) in [5, 5.41) is 10.7. The highest BCUT2D eigenvalue weighted by atomic mass is 16.6. The predicted octanol–water partition coefficient (Wildman–Crippen LogP) is 3.04. The molecule has 4 bridgehead atoms. The van der Waals surface area contributed by atoms with E-state index in [0.29, 0.717) is 18.4 Å². The van der Waals surface area contributed by atoms with E-state index in [1.54, 1.807) is 0 Å². The minimum atomic E-state index is -0.545. The first-order valence-electron chi connectivity index (χ1n) is 11.0. The van der Waals surface area contributed by atoms with Crippen LogP contribution >= 0.6 is 0 Å². The Morgan fingerprint density at radius 1 is 1.34 bits per heavy atom. The average Bonchev–Trinajstić information content (AvgIpc) is 3.09. The number of fused-ring (bicyclic) bond motifs is 1. The molecular formula is C24H31NO4. The number of phenols is 1. The van der Waals surface area contributed by atoms with Crippen LogP contribution in [0.2, 0.25) is 0 Å². The number of ether oxygens (including phenoxy) is 3. The van der Waals surface area contributed by atoms with Gasteiger partial charge in [-0.2, -0.15) is 0 Å². The van der Waals surface area contributed by atoms with Crippen LogP contribution < -0.4 is 4.74 Å². The van der Waals surface area contributed by atoms with Crippen LogP contribution in [0.25, 0.3) is 0 Å². The van der Waals surface area contributed by atoms with Crippen molar-refractivity contribution in [1.29, 1.82) is 0 Å². The highest BCUT2D eigenvalue weighted by Gasteiger charge is 2.79. The van der Waals surface area contributed by atoms with Crippen LogP contribution in [0, 0.1) is 11.3 Å². The minimum Gasteiger partial charge on any atom is -0.504 e. The van der Waals surface area contributed by atoms with Gasteiger partial charge in [0.2, 0.25) is 0 Å². The first kappa shape index (κ1) is 18.2. The summed E-state index contributed by atoms with van der Waals surface area (Å²) in [6, 6.07) is 4.35. The van der Waals surface area contributed by atoms with Gasteiger partial charge in [-0.05, 0) is 58.3 Å². The van der Waals surface area contributed by atoms with E-state index in [1.807, 2.05) is 13.2 Å². The van der Waals surface area contributed by atoms with Gasteiger partial charge in [-0.1, -0.05) is 18.2 Å². The van der Waals surface area contributed by atoms with E-state index in [4.69, 9.17) is 14.2 Å². The Labute approximate surface area is 172 Å². The van der Waals surface area contributed by atoms with Crippen LogP contribution in [0.1, 0.15) is 37.8 Å². The number of methoxy groups -OCH3 is 1. The second-order valence-corrected chi connectivity index (χ2v) is 9.77. The van der Waals surface area contributed by atoms with Crippen molar-refractivity contribution in [2.24, 2.45) is 11.3 Å². The fourth-order valence-electron chi connectivity index (χ4n) is 8.02. The molecular weight excluding hydrogens is 366 g/mol. The molecule has 6 aliphatic rings. The Bertz CT molecular complexity index is 914. The lowest BCUT2D eigenvalue weighted by molar-refractivity contribution is -0.232. The normalized spacial score (nSPS) is 44.5. The molecule has 1 aromatic carbocycles. The lowest BCUT2D eigenvalue weighted by Crippen LogP contribution is -2.79. The molecule has 156 valence electrons. The van der Waals surface area contributed by atoms with Gasteiger partial charge in [0, 0.05) is 36.7 Å². The Morgan fingerprint density at radius 2 is 2.17 bits per heavy atom. The van der Waals surface area contributed by atoms with Gasteiger partial charge in [-0.25, -0.2) is 0 Å². The van der Waals surface area contributed by atoms with Gasteiger partial charge in [0.1, 0.15) is 11.7 Å². The van der Waals surface area contributed by atoms with Crippen molar-refractivity contribution < 1.29 is 19.3 Å². The predicted molar refractivity (Wildman–Crippen MR) is 109 cm³/mol. The number of rotatable bonds is 4. The number of hydrogen-bond donors (Lipinski definition) is 1. The van der Waals surface area contributed by atoms with Crippen LogP contribution in [0.5, 0.6) is 11.5 Å². The number of piperidine rings is 1. The lowest BCUT2D eigenvalue weighted by Gasteiger charge is -2.71. The number of aromatic hydroxyl groups is 1. The van der Waals surface area contributed by atoms with Crippen LogP contribution in [0.3, 0.4) is 0 Å². The molecule has 4 aliphatic carbocycles. The van der Waals surface area contributed by atoms with Crippen molar-refractivity contribution in [3.8, 4) is 11.5 Å². The van der Waals surface area contributed by atoms with Crippen LogP contribution in [-0.2, 0) is 21.3 Å². The molecule has 1 aromatic rings. The van der Waals surface area contributed by atoms with Crippen LogP contribution in [-0.4, -0.2) is 61.2 Å². The maximum Gasteiger partial charge on any atom is 0.165 e. The standard InChI is InChI=1S/C24H31NO4/c1-5-28-14(2)16-13-22-8-9-24(16,27-4)21-23(22)10-11-25(3)18(22)12-15-6-7-17(26)20(29-21)19(15)23/h6-9,14,16,18,21,26H,5,10-13H2,1-4H3/t14-,16?,18-,21+,22-,23+,24-/m1/s1. The van der Waals surface area contributed by atoms with E-state index in [0.717, 1.165) is 25.8 Å². The summed E-state index contributed by atoms with van der Waals surface area (Å²) in [5.41, 5.74) is 1.90. The van der Waals surface area contributed by atoms with Gasteiger partial charge in [0.15, 0.2) is 11.5 Å². The second kappa shape index (κ2) is 5.57. The molecule has 0 aromatic heterocycles. The molecule has 7 atom stereocenters. The number of phenolic OH excluding ortho intramolecular Hbond substituents is 1. The van der Waals surface area contributed by atoms with Gasteiger partial charge in [-0.3, -0.25) is 0 Å². The lowest BCUT2D eigenvalue weighted by atomic mass is 9.37. The largest absolute Gasteiger partial charge is 0.504 e. The summed E-state index contributed by atoms with van der Waals surface area (Å²) in [5.74, 6) is 1.18. The van der Waals surface area contributed by atoms with E-state index in [9.17, 15) is 5.11 Å². The molecule has 2 fully saturated rings. The molecule has 0 amide bonds. The van der Waals surface area contributed by atoms with Crippen molar-refractivity contribution in [2.45, 2.75) is 62.4 Å². The van der Waals surface area contributed by atoms with Crippen molar-refractivity contribution in [1.82, 2.24) is 4.90 Å². The number of hydrogen-bond acceptors (Lipinski definition) is 5. The summed E-state index contributed by atoms with van der Waals surface area (Å²) in [6.07, 6.45) is 7.75.